The molecule has 2 rings (SSSR count). The van der Waals surface area contributed by atoms with E-state index in [-0.39, 0.29) is 5.91 Å². The molecule has 6 nitrogen and oxygen atoms in total. The average Bonchev–Trinajstić information content (AvgIpc) is 3.16. The lowest BCUT2D eigenvalue weighted by Crippen LogP contribution is -2.43. The molecular formula is C21H35N5O. The van der Waals surface area contributed by atoms with Crippen LogP contribution in [0.4, 0.5) is 5.69 Å². The molecule has 0 bridgehead atoms. The van der Waals surface area contributed by atoms with Crippen LogP contribution in [-0.4, -0.2) is 51.1 Å². The Bertz CT molecular complexity index is 610. The van der Waals surface area contributed by atoms with Gasteiger partial charge in [-0.05, 0) is 44.4 Å². The van der Waals surface area contributed by atoms with Crippen LogP contribution in [0.15, 0.2) is 29.3 Å². The fourth-order valence-electron chi connectivity index (χ4n) is 3.49. The lowest BCUT2D eigenvalue weighted by molar-refractivity contribution is -0.121. The van der Waals surface area contributed by atoms with Crippen LogP contribution >= 0.6 is 0 Å². The summed E-state index contributed by atoms with van der Waals surface area (Å²) in [7, 11) is 1.76. The molecule has 1 aromatic carbocycles. The van der Waals surface area contributed by atoms with Gasteiger partial charge in [-0.25, -0.2) is 0 Å². The van der Waals surface area contributed by atoms with E-state index in [1.54, 1.807) is 7.05 Å². The molecule has 1 fully saturated rings. The third kappa shape index (κ3) is 7.49. The number of amides is 1. The van der Waals surface area contributed by atoms with Crippen molar-refractivity contribution in [3.8, 4) is 0 Å². The van der Waals surface area contributed by atoms with Crippen LogP contribution in [0.3, 0.4) is 0 Å². The molecule has 150 valence electrons. The van der Waals surface area contributed by atoms with E-state index in [2.05, 4.69) is 64.0 Å². The van der Waals surface area contributed by atoms with Gasteiger partial charge in [0.1, 0.15) is 0 Å². The normalized spacial score (nSPS) is 14.9. The minimum atomic E-state index is 0.126. The monoisotopic (exact) mass is 373 g/mol. The SMILES string of the molecule is CCN(CCNC(=NC)NCCC(=O)NC1CCCC1)c1cccc(C)c1. The van der Waals surface area contributed by atoms with Gasteiger partial charge in [0.15, 0.2) is 5.96 Å². The summed E-state index contributed by atoms with van der Waals surface area (Å²) in [6.45, 7) is 7.51. The molecule has 0 unspecified atom stereocenters. The van der Waals surface area contributed by atoms with Crippen molar-refractivity contribution in [1.82, 2.24) is 16.0 Å². The number of rotatable bonds is 9. The summed E-state index contributed by atoms with van der Waals surface area (Å²) in [5.41, 5.74) is 2.51. The van der Waals surface area contributed by atoms with E-state index in [0.29, 0.717) is 19.0 Å². The maximum absolute atomic E-state index is 12.0. The second kappa shape index (κ2) is 11.5. The number of hydrogen-bond acceptors (Lipinski definition) is 3. The van der Waals surface area contributed by atoms with E-state index in [4.69, 9.17) is 0 Å². The fourth-order valence-corrected chi connectivity index (χ4v) is 3.49. The Morgan fingerprint density at radius 1 is 1.22 bits per heavy atom. The summed E-state index contributed by atoms with van der Waals surface area (Å²) in [5.74, 6) is 0.866. The van der Waals surface area contributed by atoms with E-state index in [0.717, 1.165) is 38.4 Å². The quantitative estimate of drug-likeness (QED) is 0.459. The Morgan fingerprint density at radius 2 is 1.96 bits per heavy atom. The van der Waals surface area contributed by atoms with Crippen molar-refractivity contribution in [2.24, 2.45) is 4.99 Å². The van der Waals surface area contributed by atoms with Gasteiger partial charge in [0.25, 0.3) is 0 Å². The molecule has 0 saturated heterocycles. The van der Waals surface area contributed by atoms with Crippen molar-refractivity contribution in [3.05, 3.63) is 29.8 Å². The van der Waals surface area contributed by atoms with E-state index in [1.165, 1.54) is 24.1 Å². The van der Waals surface area contributed by atoms with E-state index in [1.807, 2.05) is 0 Å². The van der Waals surface area contributed by atoms with Gasteiger partial charge in [-0.3, -0.25) is 9.79 Å². The smallest absolute Gasteiger partial charge is 0.221 e. The van der Waals surface area contributed by atoms with Crippen LogP contribution in [0.2, 0.25) is 0 Å². The topological polar surface area (TPSA) is 68.8 Å². The zero-order valence-electron chi connectivity index (χ0n) is 17.1. The minimum Gasteiger partial charge on any atom is -0.370 e. The highest BCUT2D eigenvalue weighted by Gasteiger charge is 2.16. The Labute approximate surface area is 163 Å². The standard InChI is InChI=1S/C21H35N5O/c1-4-26(19-11-7-8-17(2)16-19)15-14-24-21(22-3)23-13-12-20(27)25-18-9-5-6-10-18/h7-8,11,16,18H,4-6,9-10,12-15H2,1-3H3,(H,25,27)(H2,22,23,24). The molecule has 6 heteroatoms. The Balaban J connectivity index is 1.66. The first-order chi connectivity index (χ1) is 13.1. The molecule has 1 aromatic rings. The first-order valence-electron chi connectivity index (χ1n) is 10.2. The number of carbonyl (C=O) groups excluding carboxylic acids is 1. The Morgan fingerprint density at radius 3 is 2.63 bits per heavy atom. The Kier molecular flexibility index (Phi) is 8.95. The van der Waals surface area contributed by atoms with E-state index in [9.17, 15) is 4.79 Å². The number of benzene rings is 1. The third-order valence-corrected chi connectivity index (χ3v) is 5.01. The van der Waals surface area contributed by atoms with Gasteiger partial charge in [0, 0.05) is 51.4 Å². The third-order valence-electron chi connectivity index (χ3n) is 5.01. The zero-order chi connectivity index (χ0) is 19.5. The van der Waals surface area contributed by atoms with Crippen molar-refractivity contribution in [1.29, 1.82) is 0 Å². The molecular weight excluding hydrogens is 338 g/mol. The van der Waals surface area contributed by atoms with Crippen LogP contribution in [0.25, 0.3) is 0 Å². The van der Waals surface area contributed by atoms with Crippen LogP contribution < -0.4 is 20.9 Å². The van der Waals surface area contributed by atoms with E-state index < -0.39 is 0 Å². The molecule has 0 heterocycles. The number of aliphatic imine (C=N–C) groups is 1. The molecule has 3 N–H and O–H groups in total. The van der Waals surface area contributed by atoms with Crippen LogP contribution in [-0.2, 0) is 4.79 Å². The fraction of sp³-hybridized carbons (Fsp3) is 0.619. The zero-order valence-corrected chi connectivity index (χ0v) is 17.1. The van der Waals surface area contributed by atoms with E-state index >= 15 is 0 Å². The average molecular weight is 374 g/mol. The van der Waals surface area contributed by atoms with Crippen molar-refractivity contribution < 1.29 is 4.79 Å². The largest absolute Gasteiger partial charge is 0.370 e. The van der Waals surface area contributed by atoms with Gasteiger partial charge in [0.05, 0.1) is 0 Å². The summed E-state index contributed by atoms with van der Waals surface area (Å²) < 4.78 is 0. The van der Waals surface area contributed by atoms with Gasteiger partial charge in [-0.2, -0.15) is 0 Å². The van der Waals surface area contributed by atoms with Crippen molar-refractivity contribution >= 4 is 17.6 Å². The van der Waals surface area contributed by atoms with Crippen molar-refractivity contribution in [3.63, 3.8) is 0 Å². The number of carbonyl (C=O) groups is 1. The number of hydrogen-bond donors (Lipinski definition) is 3. The maximum atomic E-state index is 12.0. The molecule has 1 aliphatic rings. The second-order valence-corrected chi connectivity index (χ2v) is 7.14. The van der Waals surface area contributed by atoms with Gasteiger partial charge in [-0.1, -0.05) is 25.0 Å². The number of nitrogens with zero attached hydrogens (tertiary/aromatic N) is 2. The lowest BCUT2D eigenvalue weighted by atomic mass is 10.2. The Hall–Kier alpha value is -2.24. The predicted molar refractivity (Wildman–Crippen MR) is 113 cm³/mol. The molecule has 0 aromatic heterocycles. The van der Waals surface area contributed by atoms with Crippen molar-refractivity contribution in [2.75, 3.05) is 38.1 Å². The highest BCUT2D eigenvalue weighted by atomic mass is 16.1. The molecule has 1 aliphatic carbocycles. The van der Waals surface area contributed by atoms with Gasteiger partial charge < -0.3 is 20.9 Å². The maximum Gasteiger partial charge on any atom is 0.221 e. The highest BCUT2D eigenvalue weighted by Crippen LogP contribution is 2.17. The second-order valence-electron chi connectivity index (χ2n) is 7.14. The van der Waals surface area contributed by atoms with Crippen molar-refractivity contribution in [2.45, 2.75) is 52.0 Å². The number of guanidine groups is 1. The predicted octanol–water partition coefficient (Wildman–Crippen LogP) is 2.44. The summed E-state index contributed by atoms with van der Waals surface area (Å²) in [5, 5.41) is 9.67. The molecule has 27 heavy (non-hydrogen) atoms. The number of anilines is 1. The summed E-state index contributed by atoms with van der Waals surface area (Å²) in [4.78, 5) is 18.6. The molecule has 0 radical (unpaired) electrons. The molecule has 1 amide bonds. The first kappa shape index (κ1) is 21.1. The molecule has 1 saturated carbocycles. The van der Waals surface area contributed by atoms with Crippen LogP contribution in [0, 0.1) is 6.92 Å². The molecule has 0 aliphatic heterocycles. The van der Waals surface area contributed by atoms with Gasteiger partial charge >= 0.3 is 0 Å². The summed E-state index contributed by atoms with van der Waals surface area (Å²) in [6, 6.07) is 8.95. The van der Waals surface area contributed by atoms with Gasteiger partial charge in [0.2, 0.25) is 5.91 Å². The highest BCUT2D eigenvalue weighted by molar-refractivity contribution is 5.81. The van der Waals surface area contributed by atoms with Gasteiger partial charge in [-0.15, -0.1) is 0 Å². The van der Waals surface area contributed by atoms with Crippen LogP contribution in [0.5, 0.6) is 0 Å². The van der Waals surface area contributed by atoms with Crippen LogP contribution in [0.1, 0.15) is 44.6 Å². The molecule has 0 spiro atoms. The lowest BCUT2D eigenvalue weighted by Gasteiger charge is -2.24. The number of nitrogens with one attached hydrogen (secondary N) is 3. The number of aryl methyl sites for hydroxylation is 1. The first-order valence-corrected chi connectivity index (χ1v) is 10.2. The minimum absolute atomic E-state index is 0.126. The molecule has 0 atom stereocenters. The summed E-state index contributed by atoms with van der Waals surface area (Å²) >= 11 is 0. The summed E-state index contributed by atoms with van der Waals surface area (Å²) in [6.07, 6.45) is 5.18. The number of likely N-dealkylation sites (N-methyl/N-ethyl adjacent to an activating group) is 1.